The third kappa shape index (κ3) is 3.13. The molecule has 1 N–H and O–H groups in total. The van der Waals surface area contributed by atoms with Gasteiger partial charge in [-0.05, 0) is 18.6 Å². The molecule has 104 valence electrons. The molecule has 1 aliphatic rings. The predicted octanol–water partition coefficient (Wildman–Crippen LogP) is 1.46. The topological polar surface area (TPSA) is 72.5 Å². The van der Waals surface area contributed by atoms with Gasteiger partial charge in [0.15, 0.2) is 9.84 Å². The van der Waals surface area contributed by atoms with E-state index in [1.807, 2.05) is 0 Å². The molecular formula is C13H17NO4S. The molecule has 5 nitrogen and oxygen atoms in total. The van der Waals surface area contributed by atoms with Crippen molar-refractivity contribution in [2.24, 2.45) is 5.92 Å². The molecule has 1 aromatic rings. The molecule has 1 aliphatic heterocycles. The third-order valence-electron chi connectivity index (χ3n) is 3.16. The minimum Gasteiger partial charge on any atom is -0.381 e. The second-order valence-corrected chi connectivity index (χ2v) is 6.70. The van der Waals surface area contributed by atoms with Crippen molar-refractivity contribution in [1.82, 2.24) is 0 Å². The average Bonchev–Trinajstić information content (AvgIpc) is 2.93. The van der Waals surface area contributed by atoms with Crippen LogP contribution in [0.2, 0.25) is 0 Å². The molecule has 19 heavy (non-hydrogen) atoms. The van der Waals surface area contributed by atoms with E-state index in [1.54, 1.807) is 25.1 Å². The Bertz CT molecular complexity index is 562. The maximum atomic E-state index is 12.0. The number of anilines is 1. The molecule has 1 aromatic carbocycles. The molecule has 0 radical (unpaired) electrons. The Morgan fingerprint density at radius 3 is 2.79 bits per heavy atom. The molecule has 2 rings (SSSR count). The molecule has 0 saturated carbocycles. The average molecular weight is 283 g/mol. The number of hydrogen-bond acceptors (Lipinski definition) is 4. The van der Waals surface area contributed by atoms with Gasteiger partial charge in [-0.25, -0.2) is 8.42 Å². The van der Waals surface area contributed by atoms with Crippen molar-refractivity contribution in [3.05, 3.63) is 24.3 Å². The molecule has 1 amide bonds. The van der Waals surface area contributed by atoms with E-state index in [2.05, 4.69) is 5.32 Å². The van der Waals surface area contributed by atoms with Gasteiger partial charge >= 0.3 is 0 Å². The lowest BCUT2D eigenvalue weighted by Gasteiger charge is -2.13. The second-order valence-electron chi connectivity index (χ2n) is 4.45. The van der Waals surface area contributed by atoms with Crippen LogP contribution < -0.4 is 5.32 Å². The maximum absolute atomic E-state index is 12.0. The van der Waals surface area contributed by atoms with Crippen molar-refractivity contribution < 1.29 is 17.9 Å². The third-order valence-corrected chi connectivity index (χ3v) is 4.95. The van der Waals surface area contributed by atoms with Crippen LogP contribution in [0.3, 0.4) is 0 Å². The monoisotopic (exact) mass is 283 g/mol. The molecule has 1 heterocycles. The first-order valence-electron chi connectivity index (χ1n) is 6.25. The lowest BCUT2D eigenvalue weighted by atomic mass is 10.1. The SMILES string of the molecule is CCS(=O)(=O)c1ccccc1NC(=O)C1CCOC1. The maximum Gasteiger partial charge on any atom is 0.229 e. The summed E-state index contributed by atoms with van der Waals surface area (Å²) in [7, 11) is -3.34. The van der Waals surface area contributed by atoms with E-state index in [1.165, 1.54) is 6.07 Å². The lowest BCUT2D eigenvalue weighted by Crippen LogP contribution is -2.24. The van der Waals surface area contributed by atoms with Crippen molar-refractivity contribution in [1.29, 1.82) is 0 Å². The van der Waals surface area contributed by atoms with E-state index in [4.69, 9.17) is 4.74 Å². The van der Waals surface area contributed by atoms with Crippen LogP contribution in [0.15, 0.2) is 29.2 Å². The van der Waals surface area contributed by atoms with Crippen LogP contribution in [0.1, 0.15) is 13.3 Å². The number of carbonyl (C=O) groups excluding carboxylic acids is 1. The molecule has 1 atom stereocenters. The number of amides is 1. The highest BCUT2D eigenvalue weighted by Crippen LogP contribution is 2.23. The lowest BCUT2D eigenvalue weighted by molar-refractivity contribution is -0.119. The van der Waals surface area contributed by atoms with Gasteiger partial charge in [0.2, 0.25) is 5.91 Å². The highest BCUT2D eigenvalue weighted by molar-refractivity contribution is 7.91. The Hall–Kier alpha value is -1.40. The van der Waals surface area contributed by atoms with Gasteiger partial charge in [-0.15, -0.1) is 0 Å². The van der Waals surface area contributed by atoms with Gasteiger partial charge in [-0.3, -0.25) is 4.79 Å². The zero-order chi connectivity index (χ0) is 13.9. The number of para-hydroxylation sites is 1. The van der Waals surface area contributed by atoms with Gasteiger partial charge in [-0.2, -0.15) is 0 Å². The summed E-state index contributed by atoms with van der Waals surface area (Å²) >= 11 is 0. The molecule has 6 heteroatoms. The Balaban J connectivity index is 2.23. The number of carbonyl (C=O) groups is 1. The van der Waals surface area contributed by atoms with Crippen LogP contribution >= 0.6 is 0 Å². The van der Waals surface area contributed by atoms with Crippen LogP contribution in [-0.4, -0.2) is 33.3 Å². The zero-order valence-corrected chi connectivity index (χ0v) is 11.6. The summed E-state index contributed by atoms with van der Waals surface area (Å²) in [5.74, 6) is -0.375. The van der Waals surface area contributed by atoms with E-state index >= 15 is 0 Å². The van der Waals surface area contributed by atoms with Crippen molar-refractivity contribution in [2.75, 3.05) is 24.3 Å². The van der Waals surface area contributed by atoms with E-state index < -0.39 is 9.84 Å². The quantitative estimate of drug-likeness (QED) is 0.908. The molecule has 0 aliphatic carbocycles. The minimum atomic E-state index is -3.34. The van der Waals surface area contributed by atoms with Crippen LogP contribution in [-0.2, 0) is 19.4 Å². The smallest absolute Gasteiger partial charge is 0.229 e. The fourth-order valence-electron chi connectivity index (χ4n) is 1.97. The first-order chi connectivity index (χ1) is 9.04. The fourth-order valence-corrected chi connectivity index (χ4v) is 3.02. The normalized spacial score (nSPS) is 19.3. The standard InChI is InChI=1S/C13H17NO4S/c1-2-19(16,17)12-6-4-3-5-11(12)14-13(15)10-7-8-18-9-10/h3-6,10H,2,7-9H2,1H3,(H,14,15). The Morgan fingerprint density at radius 2 is 2.16 bits per heavy atom. The van der Waals surface area contributed by atoms with Crippen LogP contribution in [0.25, 0.3) is 0 Å². The van der Waals surface area contributed by atoms with Crippen LogP contribution in [0, 0.1) is 5.92 Å². The number of rotatable bonds is 4. The second kappa shape index (κ2) is 5.71. The number of nitrogens with one attached hydrogen (secondary N) is 1. The summed E-state index contributed by atoms with van der Waals surface area (Å²) in [6.07, 6.45) is 0.675. The Kier molecular flexibility index (Phi) is 4.21. The van der Waals surface area contributed by atoms with Gasteiger partial charge in [0.05, 0.1) is 28.9 Å². The highest BCUT2D eigenvalue weighted by atomic mass is 32.2. The molecule has 1 fully saturated rings. The number of ether oxygens (including phenoxy) is 1. The molecule has 0 spiro atoms. The molecule has 1 unspecified atom stereocenters. The molecule has 0 bridgehead atoms. The van der Waals surface area contributed by atoms with Gasteiger partial charge in [0, 0.05) is 6.61 Å². The Morgan fingerprint density at radius 1 is 1.42 bits per heavy atom. The Labute approximate surface area is 112 Å². The summed E-state index contributed by atoms with van der Waals surface area (Å²) < 4.78 is 29.1. The fraction of sp³-hybridized carbons (Fsp3) is 0.462. The van der Waals surface area contributed by atoms with Crippen molar-refractivity contribution in [3.8, 4) is 0 Å². The summed E-state index contributed by atoms with van der Waals surface area (Å²) in [5, 5.41) is 2.69. The molecule has 1 saturated heterocycles. The number of benzene rings is 1. The van der Waals surface area contributed by atoms with Gasteiger partial charge in [0.25, 0.3) is 0 Å². The van der Waals surface area contributed by atoms with Gasteiger partial charge in [-0.1, -0.05) is 19.1 Å². The molecular weight excluding hydrogens is 266 g/mol. The summed E-state index contributed by atoms with van der Waals surface area (Å²) in [4.78, 5) is 12.2. The zero-order valence-electron chi connectivity index (χ0n) is 10.8. The van der Waals surface area contributed by atoms with Crippen LogP contribution in [0.4, 0.5) is 5.69 Å². The summed E-state index contributed by atoms with van der Waals surface area (Å²) in [6, 6.07) is 6.47. The van der Waals surface area contributed by atoms with Crippen LogP contribution in [0.5, 0.6) is 0 Å². The highest BCUT2D eigenvalue weighted by Gasteiger charge is 2.25. The first-order valence-corrected chi connectivity index (χ1v) is 7.90. The minimum absolute atomic E-state index is 0.00637. The van der Waals surface area contributed by atoms with E-state index in [9.17, 15) is 13.2 Å². The van der Waals surface area contributed by atoms with E-state index in [0.717, 1.165) is 0 Å². The first kappa shape index (κ1) is 14.0. The van der Waals surface area contributed by atoms with Gasteiger partial charge in [0.1, 0.15) is 0 Å². The van der Waals surface area contributed by atoms with Gasteiger partial charge < -0.3 is 10.1 Å². The largest absolute Gasteiger partial charge is 0.381 e. The summed E-state index contributed by atoms with van der Waals surface area (Å²) in [5.41, 5.74) is 0.348. The van der Waals surface area contributed by atoms with Crippen molar-refractivity contribution in [2.45, 2.75) is 18.2 Å². The molecule has 0 aromatic heterocycles. The number of sulfone groups is 1. The van der Waals surface area contributed by atoms with Crippen molar-refractivity contribution >= 4 is 21.4 Å². The van der Waals surface area contributed by atoms with E-state index in [0.29, 0.717) is 25.3 Å². The van der Waals surface area contributed by atoms with E-state index in [-0.39, 0.29) is 22.5 Å². The summed E-state index contributed by atoms with van der Waals surface area (Å²) in [6.45, 7) is 2.56. The van der Waals surface area contributed by atoms with Crippen molar-refractivity contribution in [3.63, 3.8) is 0 Å². The predicted molar refractivity (Wildman–Crippen MR) is 71.7 cm³/mol. The number of hydrogen-bond donors (Lipinski definition) is 1.